The Labute approximate surface area is 356 Å². The summed E-state index contributed by atoms with van der Waals surface area (Å²) in [7, 11) is 0. The van der Waals surface area contributed by atoms with Crippen molar-refractivity contribution in [1.29, 1.82) is 0 Å². The highest BCUT2D eigenvalue weighted by atomic mass is 16.3. The van der Waals surface area contributed by atoms with Gasteiger partial charge in [-0.05, 0) is 94.7 Å². The van der Waals surface area contributed by atoms with Crippen LogP contribution in [0.2, 0.25) is 0 Å². The molecule has 0 bridgehead atoms. The molecule has 0 saturated carbocycles. The summed E-state index contributed by atoms with van der Waals surface area (Å²) >= 11 is 0. The minimum atomic E-state index is 0.849. The smallest absolute Gasteiger partial charge is 0.145 e. The molecule has 13 aromatic rings. The molecule has 62 heavy (non-hydrogen) atoms. The molecule has 4 nitrogen and oxygen atoms in total. The number of benzene rings is 10. The summed E-state index contributed by atoms with van der Waals surface area (Å²) in [5.41, 5.74) is 14.4. The van der Waals surface area contributed by atoms with E-state index >= 15 is 0 Å². The van der Waals surface area contributed by atoms with Gasteiger partial charge < -0.3 is 18.3 Å². The van der Waals surface area contributed by atoms with Gasteiger partial charge in [0.05, 0.1) is 22.1 Å². The molecule has 0 aliphatic heterocycles. The van der Waals surface area contributed by atoms with Crippen molar-refractivity contribution in [1.82, 2.24) is 4.57 Å². The third kappa shape index (κ3) is 5.27. The molecule has 3 heterocycles. The number of hydrogen-bond donors (Lipinski definition) is 0. The van der Waals surface area contributed by atoms with Gasteiger partial charge in [-0.3, -0.25) is 0 Å². The first-order chi connectivity index (χ1) is 30.7. The Morgan fingerprint density at radius 1 is 0.355 bits per heavy atom. The Balaban J connectivity index is 1.01. The third-order valence-corrected chi connectivity index (χ3v) is 12.6. The first kappa shape index (κ1) is 34.5. The second-order valence-corrected chi connectivity index (χ2v) is 16.0. The number of nitrogens with zero attached hydrogens (tertiary/aromatic N) is 2. The first-order valence-corrected chi connectivity index (χ1v) is 21.1. The summed E-state index contributed by atoms with van der Waals surface area (Å²) in [6, 6.07) is 77.9. The summed E-state index contributed by atoms with van der Waals surface area (Å²) in [4.78, 5) is 2.38. The summed E-state index contributed by atoms with van der Waals surface area (Å²) < 4.78 is 15.8. The summed E-state index contributed by atoms with van der Waals surface area (Å²) in [6.07, 6.45) is 0. The molecule has 13 rings (SSSR count). The molecule has 4 heteroatoms. The summed E-state index contributed by atoms with van der Waals surface area (Å²) in [5.74, 6) is 0. The van der Waals surface area contributed by atoms with Gasteiger partial charge in [-0.15, -0.1) is 0 Å². The highest BCUT2D eigenvalue weighted by Crippen LogP contribution is 2.47. The molecule has 0 N–H and O–H groups in total. The lowest BCUT2D eigenvalue weighted by atomic mass is 9.98. The number of anilines is 3. The van der Waals surface area contributed by atoms with Crippen molar-refractivity contribution in [3.63, 3.8) is 0 Å². The topological polar surface area (TPSA) is 34.5 Å². The van der Waals surface area contributed by atoms with E-state index in [1.807, 2.05) is 12.1 Å². The van der Waals surface area contributed by atoms with Gasteiger partial charge in [-0.2, -0.15) is 0 Å². The van der Waals surface area contributed by atoms with Gasteiger partial charge >= 0.3 is 0 Å². The predicted octanol–water partition coefficient (Wildman–Crippen LogP) is 16.5. The highest BCUT2D eigenvalue weighted by Gasteiger charge is 2.23. The van der Waals surface area contributed by atoms with E-state index in [4.69, 9.17) is 8.83 Å². The quantitative estimate of drug-likeness (QED) is 0.168. The van der Waals surface area contributed by atoms with Crippen molar-refractivity contribution in [3.05, 3.63) is 218 Å². The highest BCUT2D eigenvalue weighted by molar-refractivity contribution is 6.17. The molecule has 3 aromatic heterocycles. The average Bonchev–Trinajstić information content (AvgIpc) is 4.02. The number of furan rings is 2. The molecule has 0 unspecified atom stereocenters. The van der Waals surface area contributed by atoms with E-state index in [0.717, 1.165) is 88.9 Å². The van der Waals surface area contributed by atoms with Gasteiger partial charge in [0, 0.05) is 55.1 Å². The molecule has 0 atom stereocenters. The lowest BCUT2D eigenvalue weighted by Crippen LogP contribution is -2.10. The Kier molecular flexibility index (Phi) is 7.57. The molecular weight excluding hydrogens is 757 g/mol. The maximum absolute atomic E-state index is 6.94. The Morgan fingerprint density at radius 3 is 1.74 bits per heavy atom. The van der Waals surface area contributed by atoms with Gasteiger partial charge in [0.15, 0.2) is 0 Å². The fraction of sp³-hybridized carbons (Fsp3) is 0. The van der Waals surface area contributed by atoms with Crippen molar-refractivity contribution in [2.75, 3.05) is 4.90 Å². The molecule has 0 aliphatic rings. The second kappa shape index (κ2) is 13.6. The molecule has 10 aromatic carbocycles. The summed E-state index contributed by atoms with van der Waals surface area (Å²) in [6.45, 7) is 0. The van der Waals surface area contributed by atoms with E-state index in [9.17, 15) is 0 Å². The van der Waals surface area contributed by atoms with Gasteiger partial charge in [0.1, 0.15) is 22.3 Å². The van der Waals surface area contributed by atoms with Crippen molar-refractivity contribution in [2.45, 2.75) is 0 Å². The van der Waals surface area contributed by atoms with Crippen molar-refractivity contribution < 1.29 is 8.83 Å². The minimum Gasteiger partial charge on any atom is -0.455 e. The van der Waals surface area contributed by atoms with Crippen molar-refractivity contribution >= 4 is 93.5 Å². The second-order valence-electron chi connectivity index (χ2n) is 16.0. The molecule has 0 amide bonds. The van der Waals surface area contributed by atoms with Crippen molar-refractivity contribution in [2.24, 2.45) is 0 Å². The van der Waals surface area contributed by atoms with E-state index in [0.29, 0.717) is 0 Å². The fourth-order valence-corrected chi connectivity index (χ4v) is 9.75. The van der Waals surface area contributed by atoms with E-state index in [1.54, 1.807) is 0 Å². The minimum absolute atomic E-state index is 0.849. The van der Waals surface area contributed by atoms with Crippen LogP contribution in [-0.4, -0.2) is 4.57 Å². The molecule has 0 spiro atoms. The van der Waals surface area contributed by atoms with E-state index in [2.05, 4.69) is 216 Å². The average molecular weight is 793 g/mol. The lowest BCUT2D eigenvalue weighted by Gasteiger charge is -2.27. The maximum Gasteiger partial charge on any atom is 0.145 e. The monoisotopic (exact) mass is 792 g/mol. The van der Waals surface area contributed by atoms with Crippen LogP contribution in [0.25, 0.3) is 104 Å². The van der Waals surface area contributed by atoms with Crippen LogP contribution in [0, 0.1) is 0 Å². The largest absolute Gasteiger partial charge is 0.455 e. The Bertz CT molecular complexity index is 3830. The lowest BCUT2D eigenvalue weighted by molar-refractivity contribution is 0.669. The van der Waals surface area contributed by atoms with Crippen LogP contribution in [0.5, 0.6) is 0 Å². The van der Waals surface area contributed by atoms with Crippen LogP contribution in [0.1, 0.15) is 0 Å². The number of hydrogen-bond acceptors (Lipinski definition) is 3. The van der Waals surface area contributed by atoms with Gasteiger partial charge in [0.2, 0.25) is 0 Å². The Morgan fingerprint density at radius 2 is 0.952 bits per heavy atom. The third-order valence-electron chi connectivity index (χ3n) is 12.6. The Hall–Kier alpha value is -8.34. The van der Waals surface area contributed by atoms with E-state index < -0.39 is 0 Å². The zero-order valence-electron chi connectivity index (χ0n) is 33.5. The zero-order chi connectivity index (χ0) is 40.7. The predicted molar refractivity (Wildman–Crippen MR) is 258 cm³/mol. The number of aromatic nitrogens is 1. The molecule has 0 aliphatic carbocycles. The van der Waals surface area contributed by atoms with Crippen LogP contribution < -0.4 is 4.90 Å². The van der Waals surface area contributed by atoms with Crippen LogP contribution >= 0.6 is 0 Å². The standard InChI is InChI=1S/C58H36N2O2/c1-2-14-39-35-43(32-27-37(39)13-1)59(41-30-28-38(29-31-41)44-21-12-22-49-48-19-5-9-25-54(48)61-57(44)49)53-34-33-45(58-56(53)50-20-6-10-26-55(50)62-58)40-15-11-16-42(36-40)60-51-23-7-3-17-46(51)47-18-4-8-24-52(47)60/h1-36H. The normalized spacial score (nSPS) is 11.9. The molecule has 290 valence electrons. The van der Waals surface area contributed by atoms with E-state index in [-0.39, 0.29) is 0 Å². The van der Waals surface area contributed by atoms with Crippen LogP contribution in [0.3, 0.4) is 0 Å². The van der Waals surface area contributed by atoms with Crippen LogP contribution in [0.15, 0.2) is 227 Å². The first-order valence-electron chi connectivity index (χ1n) is 21.1. The van der Waals surface area contributed by atoms with Gasteiger partial charge in [-0.25, -0.2) is 0 Å². The van der Waals surface area contributed by atoms with Gasteiger partial charge in [0.25, 0.3) is 0 Å². The zero-order valence-corrected chi connectivity index (χ0v) is 33.5. The SMILES string of the molecule is c1cc(-c2ccc(N(c3ccc(-c4cccc5c4oc4ccccc45)cc3)c3ccc4ccccc4c3)c3c2oc2ccccc23)cc(-n2c3ccccc3c3ccccc32)c1. The number of para-hydroxylation sites is 5. The summed E-state index contributed by atoms with van der Waals surface area (Å²) in [5, 5.41) is 9.23. The maximum atomic E-state index is 6.94. The van der Waals surface area contributed by atoms with E-state index in [1.165, 1.54) is 32.6 Å². The van der Waals surface area contributed by atoms with Gasteiger partial charge in [-0.1, -0.05) is 146 Å². The molecular formula is C58H36N2O2. The van der Waals surface area contributed by atoms with Crippen molar-refractivity contribution in [3.8, 4) is 27.9 Å². The molecule has 0 fully saturated rings. The van der Waals surface area contributed by atoms with Crippen LogP contribution in [0.4, 0.5) is 17.1 Å². The molecule has 0 radical (unpaired) electrons. The molecule has 0 saturated heterocycles. The van der Waals surface area contributed by atoms with Crippen LogP contribution in [-0.2, 0) is 0 Å². The number of rotatable bonds is 6. The number of fused-ring (bicyclic) bond motifs is 10. The fourth-order valence-electron chi connectivity index (χ4n) is 9.75.